The molecule has 1 aromatic carbocycles. The Morgan fingerprint density at radius 3 is 2.89 bits per heavy atom. The van der Waals surface area contributed by atoms with Gasteiger partial charge in [0, 0.05) is 39.2 Å². The number of rotatable bonds is 2. The van der Waals surface area contributed by atoms with Gasteiger partial charge in [0.05, 0.1) is 6.26 Å². The molecule has 2 aromatic heterocycles. The van der Waals surface area contributed by atoms with Crippen LogP contribution in [0.25, 0.3) is 0 Å². The van der Waals surface area contributed by atoms with Crippen LogP contribution in [0.4, 0.5) is 5.95 Å². The van der Waals surface area contributed by atoms with E-state index in [0.717, 1.165) is 17.0 Å². The average Bonchev–Trinajstić information content (AvgIpc) is 3.32. The second kappa shape index (κ2) is 6.25. The molecule has 6 nitrogen and oxygen atoms in total. The molecule has 1 N–H and O–H groups in total. The fraction of sp³-hybridized carbons (Fsp3) is 0.211. The third-order valence-electron chi connectivity index (χ3n) is 5.06. The standard InChI is InChI=1S/C19H14Cl2N4O2/c20-11-3-4-12(13(21)8-11)18-17-14(24-19-22-9-23-25(18)19)6-10(7-15(17)26)16-2-1-5-27-16/h1-5,8-10,18H,6-7H2,(H,22,23,24)/t10-,18+/m0/s1. The summed E-state index contributed by atoms with van der Waals surface area (Å²) in [5.41, 5.74) is 2.27. The highest BCUT2D eigenvalue weighted by Crippen LogP contribution is 2.45. The van der Waals surface area contributed by atoms with Gasteiger partial charge in [0.15, 0.2) is 5.78 Å². The number of halogens is 2. The van der Waals surface area contributed by atoms with Crippen LogP contribution in [0.2, 0.25) is 10.0 Å². The highest BCUT2D eigenvalue weighted by atomic mass is 35.5. The van der Waals surface area contributed by atoms with Crippen molar-refractivity contribution < 1.29 is 9.21 Å². The van der Waals surface area contributed by atoms with E-state index in [9.17, 15) is 4.79 Å². The molecular weight excluding hydrogens is 387 g/mol. The van der Waals surface area contributed by atoms with Crippen molar-refractivity contribution in [3.8, 4) is 0 Å². The lowest BCUT2D eigenvalue weighted by molar-refractivity contribution is -0.117. The van der Waals surface area contributed by atoms with E-state index in [-0.39, 0.29) is 11.7 Å². The Morgan fingerprint density at radius 1 is 1.22 bits per heavy atom. The molecule has 2 aliphatic rings. The predicted octanol–water partition coefficient (Wildman–Crippen LogP) is 4.59. The molecule has 1 aliphatic carbocycles. The molecular formula is C19H14Cl2N4O2. The van der Waals surface area contributed by atoms with Crippen LogP contribution >= 0.6 is 23.2 Å². The van der Waals surface area contributed by atoms with Gasteiger partial charge in [-0.2, -0.15) is 10.1 Å². The van der Waals surface area contributed by atoms with Crippen LogP contribution in [0.3, 0.4) is 0 Å². The lowest BCUT2D eigenvalue weighted by atomic mass is 9.79. The third kappa shape index (κ3) is 2.67. The Hall–Kier alpha value is -2.57. The largest absolute Gasteiger partial charge is 0.469 e. The smallest absolute Gasteiger partial charge is 0.226 e. The first-order valence-corrected chi connectivity index (χ1v) is 9.28. The Morgan fingerprint density at radius 2 is 2.11 bits per heavy atom. The van der Waals surface area contributed by atoms with Gasteiger partial charge in [-0.1, -0.05) is 29.3 Å². The number of anilines is 1. The summed E-state index contributed by atoms with van der Waals surface area (Å²) in [6, 6.07) is 8.58. The molecule has 5 rings (SSSR count). The average molecular weight is 401 g/mol. The Balaban J connectivity index is 1.65. The number of fused-ring (bicyclic) bond motifs is 1. The number of aromatic nitrogens is 3. The molecule has 136 valence electrons. The number of furan rings is 1. The van der Waals surface area contributed by atoms with Crippen molar-refractivity contribution in [3.05, 3.63) is 75.6 Å². The van der Waals surface area contributed by atoms with Gasteiger partial charge in [-0.3, -0.25) is 4.79 Å². The summed E-state index contributed by atoms with van der Waals surface area (Å²) in [6.45, 7) is 0. The first-order chi connectivity index (χ1) is 13.1. The molecule has 2 atom stereocenters. The quantitative estimate of drug-likeness (QED) is 0.680. The van der Waals surface area contributed by atoms with Gasteiger partial charge in [-0.15, -0.1) is 0 Å². The van der Waals surface area contributed by atoms with E-state index in [1.54, 1.807) is 23.1 Å². The van der Waals surface area contributed by atoms with Gasteiger partial charge in [-0.25, -0.2) is 4.68 Å². The first-order valence-electron chi connectivity index (χ1n) is 8.53. The van der Waals surface area contributed by atoms with Crippen LogP contribution in [0.1, 0.15) is 36.1 Å². The molecule has 0 unspecified atom stereocenters. The Bertz CT molecular complexity index is 1070. The fourth-order valence-electron chi connectivity index (χ4n) is 3.89. The summed E-state index contributed by atoms with van der Waals surface area (Å²) < 4.78 is 7.22. The number of ketones is 1. The van der Waals surface area contributed by atoms with Crippen molar-refractivity contribution in [3.63, 3.8) is 0 Å². The summed E-state index contributed by atoms with van der Waals surface area (Å²) in [6.07, 6.45) is 4.12. The summed E-state index contributed by atoms with van der Waals surface area (Å²) in [7, 11) is 0. The highest BCUT2D eigenvalue weighted by molar-refractivity contribution is 6.35. The molecule has 1 aliphatic heterocycles. The van der Waals surface area contributed by atoms with Crippen molar-refractivity contribution >= 4 is 34.9 Å². The first kappa shape index (κ1) is 16.6. The van der Waals surface area contributed by atoms with Crippen molar-refractivity contribution in [1.29, 1.82) is 0 Å². The second-order valence-corrected chi connectivity index (χ2v) is 7.50. The van der Waals surface area contributed by atoms with E-state index in [2.05, 4.69) is 15.4 Å². The Kier molecular flexibility index (Phi) is 3.84. The zero-order chi connectivity index (χ0) is 18.5. The molecule has 27 heavy (non-hydrogen) atoms. The van der Waals surface area contributed by atoms with Crippen molar-refractivity contribution in [2.45, 2.75) is 24.8 Å². The normalized spacial score (nSPS) is 21.6. The lowest BCUT2D eigenvalue weighted by Gasteiger charge is -2.34. The summed E-state index contributed by atoms with van der Waals surface area (Å²) in [4.78, 5) is 17.4. The molecule has 0 bridgehead atoms. The lowest BCUT2D eigenvalue weighted by Crippen LogP contribution is -2.33. The molecule has 0 saturated carbocycles. The molecule has 3 aromatic rings. The summed E-state index contributed by atoms with van der Waals surface area (Å²) in [5, 5.41) is 8.62. The molecule has 0 radical (unpaired) electrons. The van der Waals surface area contributed by atoms with Crippen molar-refractivity contribution in [2.75, 3.05) is 5.32 Å². The van der Waals surface area contributed by atoms with E-state index in [4.69, 9.17) is 27.6 Å². The molecule has 0 fully saturated rings. The zero-order valence-electron chi connectivity index (χ0n) is 14.0. The van der Waals surface area contributed by atoms with Crippen molar-refractivity contribution in [2.24, 2.45) is 0 Å². The number of carbonyl (C=O) groups is 1. The van der Waals surface area contributed by atoms with Gasteiger partial charge in [-0.05, 0) is 30.7 Å². The predicted molar refractivity (Wildman–Crippen MR) is 101 cm³/mol. The summed E-state index contributed by atoms with van der Waals surface area (Å²) >= 11 is 12.5. The molecule has 0 amide bonds. The summed E-state index contributed by atoms with van der Waals surface area (Å²) in [5.74, 6) is 1.43. The van der Waals surface area contributed by atoms with Gasteiger partial charge >= 0.3 is 0 Å². The number of hydrogen-bond donors (Lipinski definition) is 1. The minimum absolute atomic E-state index is 0.00504. The number of allylic oxidation sites excluding steroid dienone is 2. The van der Waals surface area contributed by atoms with Crippen LogP contribution < -0.4 is 5.32 Å². The molecule has 8 heteroatoms. The number of hydrogen-bond acceptors (Lipinski definition) is 5. The minimum Gasteiger partial charge on any atom is -0.469 e. The maximum Gasteiger partial charge on any atom is 0.226 e. The van der Waals surface area contributed by atoms with Crippen LogP contribution in [0, 0.1) is 0 Å². The van der Waals surface area contributed by atoms with Gasteiger partial charge in [0.1, 0.15) is 18.1 Å². The van der Waals surface area contributed by atoms with Crippen LogP contribution in [0.15, 0.2) is 58.6 Å². The van der Waals surface area contributed by atoms with E-state index < -0.39 is 6.04 Å². The van der Waals surface area contributed by atoms with E-state index in [1.807, 2.05) is 18.2 Å². The fourth-order valence-corrected chi connectivity index (χ4v) is 4.40. The van der Waals surface area contributed by atoms with Gasteiger partial charge in [0.25, 0.3) is 0 Å². The highest BCUT2D eigenvalue weighted by Gasteiger charge is 2.40. The van der Waals surface area contributed by atoms with E-state index in [0.29, 0.717) is 34.4 Å². The number of nitrogens with one attached hydrogen (secondary N) is 1. The number of Topliss-reactive ketones (excluding diaryl/α,β-unsaturated/α-hetero) is 1. The van der Waals surface area contributed by atoms with Gasteiger partial charge in [0.2, 0.25) is 5.95 Å². The number of benzene rings is 1. The topological polar surface area (TPSA) is 73.0 Å². The van der Waals surface area contributed by atoms with E-state index in [1.165, 1.54) is 6.33 Å². The molecule has 0 saturated heterocycles. The van der Waals surface area contributed by atoms with Crippen LogP contribution in [0.5, 0.6) is 0 Å². The van der Waals surface area contributed by atoms with Crippen LogP contribution in [-0.2, 0) is 4.79 Å². The minimum atomic E-state index is -0.437. The number of carbonyl (C=O) groups excluding carboxylic acids is 1. The van der Waals surface area contributed by atoms with Crippen molar-refractivity contribution in [1.82, 2.24) is 14.8 Å². The Labute approximate surface area is 164 Å². The number of nitrogens with zero attached hydrogens (tertiary/aromatic N) is 3. The second-order valence-electron chi connectivity index (χ2n) is 6.66. The van der Waals surface area contributed by atoms with Gasteiger partial charge < -0.3 is 9.73 Å². The molecule has 3 heterocycles. The maximum atomic E-state index is 13.2. The third-order valence-corrected chi connectivity index (χ3v) is 5.63. The monoisotopic (exact) mass is 400 g/mol. The van der Waals surface area contributed by atoms with E-state index >= 15 is 0 Å². The molecule has 0 spiro atoms. The van der Waals surface area contributed by atoms with Crippen LogP contribution in [-0.4, -0.2) is 20.5 Å². The zero-order valence-corrected chi connectivity index (χ0v) is 15.5. The maximum absolute atomic E-state index is 13.2. The SMILES string of the molecule is O=C1C[C@@H](c2ccco2)CC2=C1[C@@H](c1ccc(Cl)cc1Cl)n1ncnc1N2.